The molecule has 1 aromatic carbocycles. The minimum atomic E-state index is -0.210. The van der Waals surface area contributed by atoms with Crippen LogP contribution in [0.5, 0.6) is 5.75 Å². The minimum Gasteiger partial charge on any atom is -0.494 e. The van der Waals surface area contributed by atoms with E-state index in [1.54, 1.807) is 12.1 Å². The molecule has 2 nitrogen and oxygen atoms in total. The highest BCUT2D eigenvalue weighted by atomic mass is 19.1. The summed E-state index contributed by atoms with van der Waals surface area (Å²) in [7, 11) is 0. The fourth-order valence-electron chi connectivity index (χ4n) is 3.37. The monoisotopic (exact) mass is 277 g/mol. The summed E-state index contributed by atoms with van der Waals surface area (Å²) >= 11 is 0. The molecular formula is C17H24FNO. The maximum atomic E-state index is 12.8. The zero-order valence-electron chi connectivity index (χ0n) is 12.2. The Kier molecular flexibility index (Phi) is 4.25. The molecule has 1 aromatic rings. The van der Waals surface area contributed by atoms with Gasteiger partial charge in [0.2, 0.25) is 0 Å². The molecule has 2 fully saturated rings. The van der Waals surface area contributed by atoms with Crippen LogP contribution in [0.3, 0.4) is 0 Å². The van der Waals surface area contributed by atoms with Crippen LogP contribution in [0.4, 0.5) is 4.39 Å². The largest absolute Gasteiger partial charge is 0.494 e. The topological polar surface area (TPSA) is 12.5 Å². The number of hydrogen-bond donors (Lipinski definition) is 0. The molecule has 1 aliphatic carbocycles. The van der Waals surface area contributed by atoms with Gasteiger partial charge in [0, 0.05) is 12.1 Å². The van der Waals surface area contributed by atoms with Gasteiger partial charge in [-0.25, -0.2) is 4.39 Å². The Hall–Kier alpha value is -1.09. The van der Waals surface area contributed by atoms with E-state index in [1.807, 2.05) is 0 Å². The second kappa shape index (κ2) is 6.13. The van der Waals surface area contributed by atoms with Crippen LogP contribution in [-0.2, 0) is 0 Å². The average molecular weight is 277 g/mol. The van der Waals surface area contributed by atoms with Crippen molar-refractivity contribution in [1.29, 1.82) is 0 Å². The molecule has 0 bridgehead atoms. The second-order valence-corrected chi connectivity index (χ2v) is 6.30. The fraction of sp³-hybridized carbons (Fsp3) is 0.647. The first-order valence-electron chi connectivity index (χ1n) is 7.86. The third-order valence-corrected chi connectivity index (χ3v) is 4.66. The summed E-state index contributed by atoms with van der Waals surface area (Å²) in [5.41, 5.74) is 0. The van der Waals surface area contributed by atoms with Crippen LogP contribution in [0.15, 0.2) is 24.3 Å². The molecule has 0 N–H and O–H groups in total. The smallest absolute Gasteiger partial charge is 0.123 e. The van der Waals surface area contributed by atoms with Crippen molar-refractivity contribution in [3.8, 4) is 5.75 Å². The van der Waals surface area contributed by atoms with Crippen LogP contribution >= 0.6 is 0 Å². The van der Waals surface area contributed by atoms with Crippen molar-refractivity contribution in [1.82, 2.24) is 4.90 Å². The van der Waals surface area contributed by atoms with Crippen molar-refractivity contribution < 1.29 is 9.13 Å². The standard InChI is InChI=1S/C17H24FNO/c1-13-12-14(8-10-19(13)16-4-5-16)9-11-20-17-6-2-15(18)3-7-17/h2-3,6-7,13-14,16H,4-5,8-12H2,1H3. The van der Waals surface area contributed by atoms with Crippen molar-refractivity contribution in [3.05, 3.63) is 30.1 Å². The number of halogens is 1. The van der Waals surface area contributed by atoms with E-state index in [1.165, 1.54) is 44.4 Å². The van der Waals surface area contributed by atoms with Crippen LogP contribution in [0, 0.1) is 11.7 Å². The second-order valence-electron chi connectivity index (χ2n) is 6.30. The lowest BCUT2D eigenvalue weighted by Crippen LogP contribution is -2.42. The lowest BCUT2D eigenvalue weighted by molar-refractivity contribution is 0.104. The highest BCUT2D eigenvalue weighted by Crippen LogP contribution is 2.35. The minimum absolute atomic E-state index is 0.210. The molecule has 0 amide bonds. The molecule has 20 heavy (non-hydrogen) atoms. The summed E-state index contributed by atoms with van der Waals surface area (Å²) in [5.74, 6) is 1.34. The van der Waals surface area contributed by atoms with E-state index in [9.17, 15) is 4.39 Å². The van der Waals surface area contributed by atoms with Gasteiger partial charge in [0.25, 0.3) is 0 Å². The van der Waals surface area contributed by atoms with E-state index in [0.29, 0.717) is 0 Å². The zero-order chi connectivity index (χ0) is 13.9. The normalized spacial score (nSPS) is 27.5. The summed E-state index contributed by atoms with van der Waals surface area (Å²) in [6.45, 7) is 4.37. The lowest BCUT2D eigenvalue weighted by Gasteiger charge is -2.38. The van der Waals surface area contributed by atoms with Crippen LogP contribution in [0.2, 0.25) is 0 Å². The maximum Gasteiger partial charge on any atom is 0.123 e. The van der Waals surface area contributed by atoms with Crippen molar-refractivity contribution in [3.63, 3.8) is 0 Å². The summed E-state index contributed by atoms with van der Waals surface area (Å²) in [4.78, 5) is 2.69. The van der Waals surface area contributed by atoms with Gasteiger partial charge in [-0.3, -0.25) is 4.90 Å². The van der Waals surface area contributed by atoms with Gasteiger partial charge in [0.15, 0.2) is 0 Å². The summed E-state index contributed by atoms with van der Waals surface area (Å²) < 4.78 is 18.5. The molecule has 1 aliphatic heterocycles. The predicted molar refractivity (Wildman–Crippen MR) is 78.4 cm³/mol. The van der Waals surface area contributed by atoms with Crippen molar-refractivity contribution in [2.75, 3.05) is 13.2 Å². The molecule has 2 unspecified atom stereocenters. The molecule has 1 saturated heterocycles. The maximum absolute atomic E-state index is 12.8. The van der Waals surface area contributed by atoms with E-state index in [2.05, 4.69) is 11.8 Å². The van der Waals surface area contributed by atoms with Gasteiger partial charge < -0.3 is 4.74 Å². The van der Waals surface area contributed by atoms with E-state index in [0.717, 1.165) is 36.8 Å². The number of ether oxygens (including phenoxy) is 1. The Balaban J connectivity index is 1.39. The first-order valence-corrected chi connectivity index (χ1v) is 7.86. The molecule has 3 heteroatoms. The van der Waals surface area contributed by atoms with Gasteiger partial charge >= 0.3 is 0 Å². The van der Waals surface area contributed by atoms with Crippen LogP contribution < -0.4 is 4.74 Å². The Labute approximate surface area is 120 Å². The quantitative estimate of drug-likeness (QED) is 0.810. The SMILES string of the molecule is CC1CC(CCOc2ccc(F)cc2)CCN1C1CC1. The van der Waals surface area contributed by atoms with Crippen molar-refractivity contribution in [2.24, 2.45) is 5.92 Å². The number of benzene rings is 1. The number of nitrogens with zero attached hydrogens (tertiary/aromatic N) is 1. The molecule has 0 aromatic heterocycles. The van der Waals surface area contributed by atoms with E-state index in [4.69, 9.17) is 4.74 Å². The van der Waals surface area contributed by atoms with Gasteiger partial charge in [-0.15, -0.1) is 0 Å². The highest BCUT2D eigenvalue weighted by Gasteiger charge is 2.35. The summed E-state index contributed by atoms with van der Waals surface area (Å²) in [6, 6.07) is 7.92. The Morgan fingerprint density at radius 3 is 2.60 bits per heavy atom. The molecule has 1 heterocycles. The van der Waals surface area contributed by atoms with Crippen LogP contribution in [-0.4, -0.2) is 30.1 Å². The molecule has 2 aliphatic rings. The van der Waals surface area contributed by atoms with E-state index in [-0.39, 0.29) is 5.82 Å². The molecular weight excluding hydrogens is 253 g/mol. The molecule has 3 rings (SSSR count). The van der Waals surface area contributed by atoms with Crippen molar-refractivity contribution in [2.45, 2.75) is 51.1 Å². The average Bonchev–Trinajstić information content (AvgIpc) is 3.26. The first kappa shape index (κ1) is 13.9. The number of likely N-dealkylation sites (tertiary alicyclic amines) is 1. The first-order chi connectivity index (χ1) is 9.72. The van der Waals surface area contributed by atoms with E-state index >= 15 is 0 Å². The van der Waals surface area contributed by atoms with Crippen LogP contribution in [0.1, 0.15) is 39.0 Å². The van der Waals surface area contributed by atoms with Gasteiger partial charge in [-0.05, 0) is 75.8 Å². The van der Waals surface area contributed by atoms with Gasteiger partial charge in [-0.2, -0.15) is 0 Å². The number of piperidine rings is 1. The molecule has 2 atom stereocenters. The third kappa shape index (κ3) is 3.51. The van der Waals surface area contributed by atoms with Gasteiger partial charge in [0.05, 0.1) is 6.61 Å². The Bertz CT molecular complexity index is 429. The zero-order valence-corrected chi connectivity index (χ0v) is 12.2. The molecule has 0 spiro atoms. The lowest BCUT2D eigenvalue weighted by atomic mass is 9.89. The summed E-state index contributed by atoms with van der Waals surface area (Å²) in [5, 5.41) is 0. The molecule has 1 saturated carbocycles. The Morgan fingerprint density at radius 1 is 1.20 bits per heavy atom. The fourth-order valence-corrected chi connectivity index (χ4v) is 3.37. The van der Waals surface area contributed by atoms with Crippen molar-refractivity contribution >= 4 is 0 Å². The van der Waals surface area contributed by atoms with E-state index < -0.39 is 0 Å². The molecule has 0 radical (unpaired) electrons. The summed E-state index contributed by atoms with van der Waals surface area (Å²) in [6.07, 6.45) is 6.52. The molecule has 110 valence electrons. The van der Waals surface area contributed by atoms with Gasteiger partial charge in [0.1, 0.15) is 11.6 Å². The van der Waals surface area contributed by atoms with Gasteiger partial charge in [-0.1, -0.05) is 0 Å². The predicted octanol–water partition coefficient (Wildman–Crippen LogP) is 3.86. The Morgan fingerprint density at radius 2 is 1.95 bits per heavy atom. The number of rotatable bonds is 5. The van der Waals surface area contributed by atoms with Crippen LogP contribution in [0.25, 0.3) is 0 Å². The third-order valence-electron chi connectivity index (χ3n) is 4.66. The highest BCUT2D eigenvalue weighted by molar-refractivity contribution is 5.21. The number of hydrogen-bond acceptors (Lipinski definition) is 2.